The van der Waals surface area contributed by atoms with E-state index in [0.717, 1.165) is 24.0 Å². The van der Waals surface area contributed by atoms with Crippen molar-refractivity contribution < 1.29 is 14.6 Å². The van der Waals surface area contributed by atoms with Gasteiger partial charge in [-0.1, -0.05) is 24.4 Å². The summed E-state index contributed by atoms with van der Waals surface area (Å²) >= 11 is 5.49. The zero-order chi connectivity index (χ0) is 20.8. The van der Waals surface area contributed by atoms with Gasteiger partial charge >= 0.3 is 0 Å². The van der Waals surface area contributed by atoms with Gasteiger partial charge in [-0.25, -0.2) is 0 Å². The monoisotopic (exact) mass is 409 g/mol. The number of pyridine rings is 1. The Morgan fingerprint density at radius 3 is 2.59 bits per heavy atom. The third-order valence-electron chi connectivity index (χ3n) is 5.72. The molecule has 4 rings (SSSR count). The number of aliphatic hydroxyl groups is 1. The fourth-order valence-electron chi connectivity index (χ4n) is 4.22. The van der Waals surface area contributed by atoms with Crippen molar-refractivity contribution >= 4 is 28.8 Å². The van der Waals surface area contributed by atoms with Gasteiger partial charge < -0.3 is 10.4 Å². The number of aryl methyl sites for hydroxylation is 1. The Kier molecular flexibility index (Phi) is 4.78. The van der Waals surface area contributed by atoms with E-state index in [1.807, 2.05) is 36.0 Å². The van der Waals surface area contributed by atoms with Crippen molar-refractivity contribution in [1.29, 1.82) is 5.41 Å². The number of hydrogen-bond donors (Lipinski definition) is 3. The molecule has 2 heterocycles. The van der Waals surface area contributed by atoms with E-state index >= 15 is 0 Å². The second-order valence-electron chi connectivity index (χ2n) is 7.69. The highest BCUT2D eigenvalue weighted by Gasteiger charge is 2.61. The molecule has 3 unspecified atom stereocenters. The number of benzene rings is 1. The highest BCUT2D eigenvalue weighted by Crippen LogP contribution is 2.51. The molecule has 1 aromatic carbocycles. The Morgan fingerprint density at radius 1 is 1.34 bits per heavy atom. The van der Waals surface area contributed by atoms with E-state index in [4.69, 9.17) is 17.6 Å². The van der Waals surface area contributed by atoms with Crippen molar-refractivity contribution in [3.05, 3.63) is 75.6 Å². The number of aromatic nitrogens is 1. The number of nitrogens with one attached hydrogen (secondary N) is 2. The van der Waals surface area contributed by atoms with Gasteiger partial charge in [0.05, 0.1) is 16.4 Å². The molecule has 0 spiro atoms. The van der Waals surface area contributed by atoms with E-state index in [1.165, 1.54) is 12.1 Å². The van der Waals surface area contributed by atoms with E-state index in [9.17, 15) is 15.2 Å². The van der Waals surface area contributed by atoms with E-state index in [1.54, 1.807) is 12.1 Å². The Balaban J connectivity index is 1.91. The summed E-state index contributed by atoms with van der Waals surface area (Å²) in [5.74, 6) is 2.02. The van der Waals surface area contributed by atoms with Crippen LogP contribution in [0.5, 0.6) is 0 Å². The smallest absolute Gasteiger partial charge is 0.269 e. The van der Waals surface area contributed by atoms with Gasteiger partial charge in [-0.3, -0.25) is 15.5 Å². The van der Waals surface area contributed by atoms with Crippen molar-refractivity contribution in [2.45, 2.75) is 37.5 Å². The van der Waals surface area contributed by atoms with Gasteiger partial charge in [-0.15, -0.1) is 0 Å². The van der Waals surface area contributed by atoms with E-state index in [2.05, 4.69) is 11.2 Å². The maximum Gasteiger partial charge on any atom is 0.269 e. The average Bonchev–Trinajstić information content (AvgIpc) is 3.53. The van der Waals surface area contributed by atoms with Gasteiger partial charge in [-0.2, -0.15) is 4.57 Å². The van der Waals surface area contributed by atoms with Crippen LogP contribution in [0.15, 0.2) is 54.4 Å². The molecule has 2 fully saturated rings. The molecule has 3 N–H and O–H groups in total. The summed E-state index contributed by atoms with van der Waals surface area (Å²) in [6.45, 7) is 1.97. The maximum atomic E-state index is 11.7. The van der Waals surface area contributed by atoms with Crippen molar-refractivity contribution in [3.8, 4) is 0 Å². The summed E-state index contributed by atoms with van der Waals surface area (Å²) in [5, 5.41) is 33.8. The number of rotatable bonds is 4. The Bertz CT molecular complexity index is 1040. The lowest BCUT2D eigenvalue weighted by Gasteiger charge is -2.43. The molecule has 29 heavy (non-hydrogen) atoms. The molecule has 7 nitrogen and oxygen atoms in total. The number of thiocarbonyl (C=S) groups is 1. The Morgan fingerprint density at radius 2 is 2.03 bits per heavy atom. The summed E-state index contributed by atoms with van der Waals surface area (Å²) in [5.41, 5.74) is 0.928. The number of non-ortho nitro benzene ring substituents is 1. The molecule has 2 aliphatic rings. The van der Waals surface area contributed by atoms with E-state index in [-0.39, 0.29) is 11.6 Å². The quantitative estimate of drug-likeness (QED) is 0.180. The zero-order valence-electron chi connectivity index (χ0n) is 15.8. The van der Waals surface area contributed by atoms with Gasteiger partial charge in [0.15, 0.2) is 12.4 Å². The third-order valence-corrected chi connectivity index (χ3v) is 6.05. The molecule has 2 aromatic rings. The summed E-state index contributed by atoms with van der Waals surface area (Å²) in [7, 11) is 0. The SMILES string of the molecule is Cc1ccc[n+](C2C(c3ccc([N+](=O)[O-])cc3)C(=C=N)C(=S)NC2(O)C2CC2)c1. The van der Waals surface area contributed by atoms with Crippen LogP contribution in [0, 0.1) is 28.4 Å². The van der Waals surface area contributed by atoms with E-state index in [0.29, 0.717) is 10.6 Å². The molecule has 3 atom stereocenters. The molecule has 0 radical (unpaired) electrons. The number of piperidine rings is 1. The predicted octanol–water partition coefficient (Wildman–Crippen LogP) is 2.72. The van der Waals surface area contributed by atoms with Crippen molar-refractivity contribution in [2.75, 3.05) is 0 Å². The molecule has 1 aliphatic heterocycles. The maximum absolute atomic E-state index is 11.7. The molecular formula is C21H21N4O3S+. The normalized spacial score (nSPS) is 26.6. The first-order chi connectivity index (χ1) is 13.8. The van der Waals surface area contributed by atoms with E-state index < -0.39 is 22.6 Å². The average molecular weight is 409 g/mol. The zero-order valence-corrected chi connectivity index (χ0v) is 16.6. The first kappa shape index (κ1) is 19.4. The molecule has 148 valence electrons. The lowest BCUT2D eigenvalue weighted by atomic mass is 9.75. The van der Waals surface area contributed by atoms with Crippen LogP contribution in [0.2, 0.25) is 0 Å². The van der Waals surface area contributed by atoms with Crippen molar-refractivity contribution in [2.24, 2.45) is 5.92 Å². The van der Waals surface area contributed by atoms with Crippen LogP contribution in [-0.2, 0) is 0 Å². The number of nitro groups is 1. The first-order valence-electron chi connectivity index (χ1n) is 9.41. The largest absolute Gasteiger partial charge is 0.365 e. The minimum absolute atomic E-state index is 0.0112. The Hall–Kier alpha value is -2.93. The predicted molar refractivity (Wildman–Crippen MR) is 111 cm³/mol. The van der Waals surface area contributed by atoms with Crippen LogP contribution >= 0.6 is 12.2 Å². The molecular weight excluding hydrogens is 388 g/mol. The van der Waals surface area contributed by atoms with Crippen LogP contribution in [0.25, 0.3) is 0 Å². The molecule has 8 heteroatoms. The third kappa shape index (κ3) is 3.35. The first-order valence-corrected chi connectivity index (χ1v) is 9.82. The summed E-state index contributed by atoms with van der Waals surface area (Å²) in [4.78, 5) is 10.9. The molecule has 1 saturated carbocycles. The number of nitro benzene ring substituents is 1. The van der Waals surface area contributed by atoms with Gasteiger partial charge in [0, 0.05) is 29.7 Å². The number of hydrogen-bond acceptors (Lipinski definition) is 5. The molecule has 1 aromatic heterocycles. The highest BCUT2D eigenvalue weighted by molar-refractivity contribution is 7.80. The van der Waals surface area contributed by atoms with Crippen LogP contribution < -0.4 is 9.88 Å². The van der Waals surface area contributed by atoms with Gasteiger partial charge in [0.1, 0.15) is 4.99 Å². The van der Waals surface area contributed by atoms with Gasteiger partial charge in [0.2, 0.25) is 11.8 Å². The Labute approximate surface area is 173 Å². The minimum atomic E-state index is -1.29. The van der Waals surface area contributed by atoms with Crippen LogP contribution in [-0.4, -0.2) is 26.6 Å². The van der Waals surface area contributed by atoms with Crippen LogP contribution in [0.3, 0.4) is 0 Å². The lowest BCUT2D eigenvalue weighted by Crippen LogP contribution is -2.68. The second-order valence-corrected chi connectivity index (χ2v) is 8.10. The summed E-state index contributed by atoms with van der Waals surface area (Å²) in [6.07, 6.45) is 5.60. The van der Waals surface area contributed by atoms with Crippen molar-refractivity contribution in [1.82, 2.24) is 5.32 Å². The molecule has 0 bridgehead atoms. The molecule has 1 aliphatic carbocycles. The standard InChI is InChI=1S/C21H20N4O3S/c1-13-3-2-10-24(12-13)19-18(14-4-8-16(9-5-14)25(27)28)17(11-22)20(29)23-21(19,26)15-6-7-15/h2-5,8-10,12,15,18-19,22,26H,6-7H2,1H3/p+1. The second kappa shape index (κ2) is 7.15. The molecule has 1 saturated heterocycles. The highest BCUT2D eigenvalue weighted by atomic mass is 32.1. The minimum Gasteiger partial charge on any atom is -0.365 e. The lowest BCUT2D eigenvalue weighted by molar-refractivity contribution is -0.742. The fraction of sp³-hybridized carbons (Fsp3) is 0.333. The van der Waals surface area contributed by atoms with Gasteiger partial charge in [0.25, 0.3) is 5.69 Å². The number of nitrogens with zero attached hydrogens (tertiary/aromatic N) is 2. The molecule has 0 amide bonds. The van der Waals surface area contributed by atoms with Crippen molar-refractivity contribution in [3.63, 3.8) is 0 Å². The topological polar surface area (TPSA) is 103 Å². The van der Waals surface area contributed by atoms with Crippen LogP contribution in [0.4, 0.5) is 5.69 Å². The van der Waals surface area contributed by atoms with Crippen LogP contribution in [0.1, 0.15) is 35.9 Å². The summed E-state index contributed by atoms with van der Waals surface area (Å²) in [6, 6.07) is 9.62. The fourth-order valence-corrected chi connectivity index (χ4v) is 4.56. The van der Waals surface area contributed by atoms with Gasteiger partial charge in [-0.05, 0) is 37.3 Å². The summed E-state index contributed by atoms with van der Waals surface area (Å²) < 4.78 is 1.95.